The summed E-state index contributed by atoms with van der Waals surface area (Å²) >= 11 is 0. The van der Waals surface area contributed by atoms with E-state index in [4.69, 9.17) is 5.73 Å². The Bertz CT molecular complexity index is 583. The topological polar surface area (TPSA) is 110 Å². The first kappa shape index (κ1) is 11.8. The summed E-state index contributed by atoms with van der Waals surface area (Å²) < 4.78 is 13.5. The maximum atomic E-state index is 13.5. The highest BCUT2D eigenvalue weighted by molar-refractivity contribution is 5.51. The van der Waals surface area contributed by atoms with Crippen LogP contribution in [0.3, 0.4) is 0 Å². The number of anilines is 2. The number of H-pyrrole nitrogens is 1. The van der Waals surface area contributed by atoms with Crippen molar-refractivity contribution in [1.29, 1.82) is 0 Å². The largest absolute Gasteiger partial charge is 0.384 e. The third kappa shape index (κ3) is 2.37. The Morgan fingerprint density at radius 3 is 2.89 bits per heavy atom. The minimum absolute atomic E-state index is 0.168. The lowest BCUT2D eigenvalue weighted by atomic mass is 10.2. The molecule has 0 bridgehead atoms. The number of rotatable bonds is 4. The third-order valence-electron chi connectivity index (χ3n) is 2.38. The van der Waals surface area contributed by atoms with Gasteiger partial charge in [-0.3, -0.25) is 15.2 Å². The van der Waals surface area contributed by atoms with E-state index in [1.807, 2.05) is 0 Å². The Morgan fingerprint density at radius 2 is 2.33 bits per heavy atom. The molecule has 0 radical (unpaired) electrons. The Balaban J connectivity index is 2.11. The van der Waals surface area contributed by atoms with Crippen LogP contribution in [0.4, 0.5) is 21.6 Å². The van der Waals surface area contributed by atoms with Crippen molar-refractivity contribution in [2.75, 3.05) is 11.1 Å². The molecule has 1 aromatic carbocycles. The number of nitrogens with zero attached hydrogens (tertiary/aromatic N) is 2. The van der Waals surface area contributed by atoms with Crippen molar-refractivity contribution in [3.8, 4) is 0 Å². The van der Waals surface area contributed by atoms with E-state index in [9.17, 15) is 14.5 Å². The van der Waals surface area contributed by atoms with Crippen molar-refractivity contribution < 1.29 is 9.31 Å². The van der Waals surface area contributed by atoms with E-state index in [1.165, 1.54) is 18.3 Å². The first-order valence-electron chi connectivity index (χ1n) is 5.03. The van der Waals surface area contributed by atoms with Crippen LogP contribution < -0.4 is 11.1 Å². The molecule has 0 spiro atoms. The Hall–Kier alpha value is -2.64. The number of benzene rings is 1. The van der Waals surface area contributed by atoms with Crippen molar-refractivity contribution in [1.82, 2.24) is 10.2 Å². The molecule has 2 rings (SSSR count). The van der Waals surface area contributed by atoms with Gasteiger partial charge in [0.1, 0.15) is 5.82 Å². The average molecular weight is 251 g/mol. The van der Waals surface area contributed by atoms with Gasteiger partial charge in [0.25, 0.3) is 5.69 Å². The highest BCUT2D eigenvalue weighted by Crippen LogP contribution is 2.21. The van der Waals surface area contributed by atoms with E-state index in [-0.39, 0.29) is 17.9 Å². The van der Waals surface area contributed by atoms with Crippen molar-refractivity contribution in [2.24, 2.45) is 0 Å². The zero-order valence-corrected chi connectivity index (χ0v) is 9.18. The molecular weight excluding hydrogens is 241 g/mol. The fourth-order valence-corrected chi connectivity index (χ4v) is 1.41. The van der Waals surface area contributed by atoms with E-state index >= 15 is 0 Å². The molecule has 2 aromatic rings. The van der Waals surface area contributed by atoms with E-state index in [1.54, 1.807) is 0 Å². The number of nitrogens with two attached hydrogens (primary N) is 1. The summed E-state index contributed by atoms with van der Waals surface area (Å²) in [5.74, 6) is -0.295. The molecule has 0 fully saturated rings. The molecule has 94 valence electrons. The number of nitrogens with one attached hydrogen (secondary N) is 2. The number of aromatic amines is 1. The summed E-state index contributed by atoms with van der Waals surface area (Å²) in [6.45, 7) is 0.275. The van der Waals surface area contributed by atoms with Gasteiger partial charge in [-0.1, -0.05) is 0 Å². The molecular formula is C10H10FN5O2. The van der Waals surface area contributed by atoms with Crippen LogP contribution in [0.5, 0.6) is 0 Å². The predicted molar refractivity (Wildman–Crippen MR) is 63.4 cm³/mol. The van der Waals surface area contributed by atoms with Gasteiger partial charge in [0, 0.05) is 18.2 Å². The molecule has 1 aromatic heterocycles. The molecule has 18 heavy (non-hydrogen) atoms. The van der Waals surface area contributed by atoms with E-state index < -0.39 is 10.7 Å². The van der Waals surface area contributed by atoms with Crippen molar-refractivity contribution in [2.45, 2.75) is 6.54 Å². The molecule has 0 unspecified atom stereocenters. The van der Waals surface area contributed by atoms with Gasteiger partial charge < -0.3 is 11.1 Å². The fourth-order valence-electron chi connectivity index (χ4n) is 1.41. The predicted octanol–water partition coefficient (Wildman–Crippen LogP) is 1.65. The molecule has 0 aliphatic carbocycles. The summed E-state index contributed by atoms with van der Waals surface area (Å²) in [5.41, 5.74) is 6.13. The lowest BCUT2D eigenvalue weighted by Crippen LogP contribution is -2.03. The van der Waals surface area contributed by atoms with Crippen LogP contribution in [0.15, 0.2) is 24.4 Å². The van der Waals surface area contributed by atoms with Gasteiger partial charge in [0.05, 0.1) is 22.9 Å². The van der Waals surface area contributed by atoms with Gasteiger partial charge >= 0.3 is 0 Å². The molecule has 0 saturated carbocycles. The van der Waals surface area contributed by atoms with Gasteiger partial charge in [-0.2, -0.15) is 5.10 Å². The van der Waals surface area contributed by atoms with Gasteiger partial charge in [0.15, 0.2) is 5.82 Å². The van der Waals surface area contributed by atoms with Crippen molar-refractivity contribution in [3.05, 3.63) is 45.9 Å². The summed E-state index contributed by atoms with van der Waals surface area (Å²) in [5, 5.41) is 19.5. The normalized spacial score (nSPS) is 10.3. The number of nitro groups is 1. The van der Waals surface area contributed by atoms with Gasteiger partial charge in [-0.05, 0) is 6.07 Å². The van der Waals surface area contributed by atoms with Crippen LogP contribution in [0.1, 0.15) is 5.56 Å². The first-order chi connectivity index (χ1) is 8.58. The van der Waals surface area contributed by atoms with Crippen LogP contribution in [0.2, 0.25) is 0 Å². The van der Waals surface area contributed by atoms with Gasteiger partial charge in [-0.25, -0.2) is 4.39 Å². The summed E-state index contributed by atoms with van der Waals surface area (Å²) in [6, 6.07) is 3.40. The van der Waals surface area contributed by atoms with E-state index in [0.29, 0.717) is 11.4 Å². The Kier molecular flexibility index (Phi) is 3.09. The van der Waals surface area contributed by atoms with Crippen LogP contribution >= 0.6 is 0 Å². The summed E-state index contributed by atoms with van der Waals surface area (Å²) in [4.78, 5) is 9.79. The molecule has 8 heteroatoms. The zero-order chi connectivity index (χ0) is 13.1. The average Bonchev–Trinajstić information content (AvgIpc) is 2.73. The highest BCUT2D eigenvalue weighted by Gasteiger charge is 2.10. The smallest absolute Gasteiger partial charge is 0.272 e. The number of hydrogen-bond donors (Lipinski definition) is 3. The number of nitrogen functional groups attached to an aromatic ring is 1. The Labute approximate surface area is 101 Å². The summed E-state index contributed by atoms with van der Waals surface area (Å²) in [7, 11) is 0. The highest BCUT2D eigenvalue weighted by atomic mass is 19.1. The second-order valence-corrected chi connectivity index (χ2v) is 3.58. The van der Waals surface area contributed by atoms with E-state index in [0.717, 1.165) is 6.07 Å². The monoisotopic (exact) mass is 251 g/mol. The van der Waals surface area contributed by atoms with Gasteiger partial charge in [0.2, 0.25) is 0 Å². The maximum absolute atomic E-state index is 13.5. The van der Waals surface area contributed by atoms with Crippen LogP contribution in [-0.4, -0.2) is 15.1 Å². The minimum atomic E-state index is -0.689. The number of nitro benzene ring substituents is 1. The number of non-ortho nitro benzene ring substituents is 1. The second kappa shape index (κ2) is 4.70. The number of aromatic nitrogens is 2. The molecule has 4 N–H and O–H groups in total. The molecule has 0 amide bonds. The Morgan fingerprint density at radius 1 is 1.56 bits per heavy atom. The summed E-state index contributed by atoms with van der Waals surface area (Å²) in [6.07, 6.45) is 1.52. The fraction of sp³-hybridized carbons (Fsp3) is 0.100. The number of hydrogen-bond acceptors (Lipinski definition) is 5. The zero-order valence-electron chi connectivity index (χ0n) is 9.18. The number of halogens is 1. The molecule has 0 aliphatic heterocycles. The standard InChI is InChI=1S/C10H10FN5O2/c11-8-3-7(16(17)18)1-2-9(8)13-4-6-5-14-15-10(6)12/h1-3,5,13H,4H2,(H3,12,14,15). The quantitative estimate of drug-likeness (QED) is 0.565. The molecule has 1 heterocycles. The molecule has 0 atom stereocenters. The molecule has 7 nitrogen and oxygen atoms in total. The van der Waals surface area contributed by atoms with Crippen LogP contribution in [0.25, 0.3) is 0 Å². The first-order valence-corrected chi connectivity index (χ1v) is 5.03. The lowest BCUT2D eigenvalue weighted by Gasteiger charge is -2.06. The van der Waals surface area contributed by atoms with Crippen molar-refractivity contribution >= 4 is 17.2 Å². The lowest BCUT2D eigenvalue weighted by molar-refractivity contribution is -0.385. The minimum Gasteiger partial charge on any atom is -0.384 e. The van der Waals surface area contributed by atoms with Crippen LogP contribution in [-0.2, 0) is 6.54 Å². The molecule has 0 saturated heterocycles. The van der Waals surface area contributed by atoms with Crippen molar-refractivity contribution in [3.63, 3.8) is 0 Å². The van der Waals surface area contributed by atoms with Crippen LogP contribution in [0, 0.1) is 15.9 Å². The SMILES string of the molecule is Nc1[nH]ncc1CNc1ccc([N+](=O)[O-])cc1F. The molecule has 0 aliphatic rings. The van der Waals surface area contributed by atoms with Gasteiger partial charge in [-0.15, -0.1) is 0 Å². The van der Waals surface area contributed by atoms with E-state index in [2.05, 4.69) is 15.5 Å². The maximum Gasteiger partial charge on any atom is 0.272 e. The second-order valence-electron chi connectivity index (χ2n) is 3.58. The third-order valence-corrected chi connectivity index (χ3v) is 2.38.